The molecule has 0 spiro atoms. The first-order valence-corrected chi connectivity index (χ1v) is 8.75. The Morgan fingerprint density at radius 3 is 2.32 bits per heavy atom. The van der Waals surface area contributed by atoms with Crippen molar-refractivity contribution in [3.8, 4) is 5.75 Å². The maximum absolute atomic E-state index is 12.3. The molecule has 2 rings (SSSR count). The molecule has 0 unspecified atom stereocenters. The van der Waals surface area contributed by atoms with Crippen molar-refractivity contribution in [3.05, 3.63) is 65.7 Å². The van der Waals surface area contributed by atoms with Gasteiger partial charge in [-0.25, -0.2) is 5.43 Å². The molecule has 2 aromatic carbocycles. The predicted molar refractivity (Wildman–Crippen MR) is 102 cm³/mol. The summed E-state index contributed by atoms with van der Waals surface area (Å²) in [5.74, 6) is 1.01. The van der Waals surface area contributed by atoms with Gasteiger partial charge in [0.1, 0.15) is 5.75 Å². The van der Waals surface area contributed by atoms with Gasteiger partial charge in [0.15, 0.2) is 0 Å². The molecule has 25 heavy (non-hydrogen) atoms. The van der Waals surface area contributed by atoms with Crippen LogP contribution in [0.15, 0.2) is 59.7 Å². The smallest absolute Gasteiger partial charge is 0.271 e. The van der Waals surface area contributed by atoms with Gasteiger partial charge in [-0.15, -0.1) is 0 Å². The molecule has 132 valence electrons. The lowest BCUT2D eigenvalue weighted by molar-refractivity contribution is 0.0954. The van der Waals surface area contributed by atoms with Gasteiger partial charge in [-0.05, 0) is 42.2 Å². The second-order valence-corrected chi connectivity index (χ2v) is 6.34. The number of amides is 1. The van der Waals surface area contributed by atoms with Gasteiger partial charge in [0.2, 0.25) is 0 Å². The van der Waals surface area contributed by atoms with Crippen LogP contribution < -0.4 is 10.2 Å². The second kappa shape index (κ2) is 9.62. The molecule has 0 fully saturated rings. The average molecular weight is 338 g/mol. The number of ether oxygens (including phenoxy) is 1. The third-order valence-electron chi connectivity index (χ3n) is 3.59. The number of rotatable bonds is 8. The minimum atomic E-state index is -0.222. The van der Waals surface area contributed by atoms with E-state index in [0.29, 0.717) is 18.1 Å². The molecule has 0 saturated carbocycles. The van der Waals surface area contributed by atoms with E-state index in [1.807, 2.05) is 42.5 Å². The van der Waals surface area contributed by atoms with Gasteiger partial charge >= 0.3 is 0 Å². The number of carbonyl (C=O) groups is 1. The summed E-state index contributed by atoms with van der Waals surface area (Å²) >= 11 is 0. The first-order chi connectivity index (χ1) is 12.1. The van der Waals surface area contributed by atoms with Crippen molar-refractivity contribution < 1.29 is 9.53 Å². The highest BCUT2D eigenvalue weighted by molar-refractivity contribution is 6.02. The average Bonchev–Trinajstić information content (AvgIpc) is 2.64. The van der Waals surface area contributed by atoms with Crippen molar-refractivity contribution in [1.82, 2.24) is 5.43 Å². The van der Waals surface area contributed by atoms with Crippen LogP contribution in [0.4, 0.5) is 0 Å². The van der Waals surface area contributed by atoms with Gasteiger partial charge < -0.3 is 4.74 Å². The van der Waals surface area contributed by atoms with Crippen LogP contribution in [0.1, 0.15) is 49.5 Å². The van der Waals surface area contributed by atoms with Crippen molar-refractivity contribution in [2.24, 2.45) is 11.0 Å². The molecule has 1 amide bonds. The van der Waals surface area contributed by atoms with E-state index in [0.717, 1.165) is 29.9 Å². The van der Waals surface area contributed by atoms with Crippen molar-refractivity contribution in [2.75, 3.05) is 6.61 Å². The zero-order valence-corrected chi connectivity index (χ0v) is 15.2. The summed E-state index contributed by atoms with van der Waals surface area (Å²) in [4.78, 5) is 12.3. The Labute approximate surface area is 149 Å². The van der Waals surface area contributed by atoms with Crippen LogP contribution in [0.5, 0.6) is 5.75 Å². The van der Waals surface area contributed by atoms with E-state index in [-0.39, 0.29) is 5.91 Å². The SMILES string of the molecule is CCCC(=NNC(=O)c1ccc(OCC(C)C)cc1)c1ccccc1. The van der Waals surface area contributed by atoms with E-state index in [9.17, 15) is 4.79 Å². The molecule has 1 N–H and O–H groups in total. The van der Waals surface area contributed by atoms with Crippen LogP contribution in [-0.4, -0.2) is 18.2 Å². The summed E-state index contributed by atoms with van der Waals surface area (Å²) in [5, 5.41) is 4.33. The fourth-order valence-electron chi connectivity index (χ4n) is 2.28. The van der Waals surface area contributed by atoms with Gasteiger partial charge in [-0.3, -0.25) is 4.79 Å². The summed E-state index contributed by atoms with van der Waals surface area (Å²) in [5.41, 5.74) is 5.13. The Hall–Kier alpha value is -2.62. The number of nitrogens with zero attached hydrogens (tertiary/aromatic N) is 1. The summed E-state index contributed by atoms with van der Waals surface area (Å²) in [6, 6.07) is 17.0. The molecule has 2 aromatic rings. The number of hydrogen-bond acceptors (Lipinski definition) is 3. The van der Waals surface area contributed by atoms with Gasteiger partial charge in [0, 0.05) is 5.56 Å². The molecular weight excluding hydrogens is 312 g/mol. The number of benzene rings is 2. The first kappa shape index (κ1) is 18.7. The Morgan fingerprint density at radius 2 is 1.72 bits per heavy atom. The van der Waals surface area contributed by atoms with Crippen molar-refractivity contribution in [3.63, 3.8) is 0 Å². The Bertz CT molecular complexity index is 692. The topological polar surface area (TPSA) is 50.7 Å². The second-order valence-electron chi connectivity index (χ2n) is 6.34. The molecule has 0 atom stereocenters. The monoisotopic (exact) mass is 338 g/mol. The summed E-state index contributed by atoms with van der Waals surface area (Å²) < 4.78 is 5.63. The minimum Gasteiger partial charge on any atom is -0.493 e. The minimum absolute atomic E-state index is 0.222. The Balaban J connectivity index is 2.02. The standard InChI is InChI=1S/C21H26N2O2/c1-4-8-20(17-9-6-5-7-10-17)22-23-21(24)18-11-13-19(14-12-18)25-15-16(2)3/h5-7,9-14,16H,4,8,15H2,1-3H3,(H,23,24). The van der Waals surface area contributed by atoms with E-state index >= 15 is 0 Å². The quantitative estimate of drug-likeness (QED) is 0.562. The molecular formula is C21H26N2O2. The van der Waals surface area contributed by atoms with Crippen LogP contribution >= 0.6 is 0 Å². The lowest BCUT2D eigenvalue weighted by Gasteiger charge is -2.09. The molecule has 0 aliphatic rings. The Kier molecular flexibility index (Phi) is 7.20. The molecule has 4 nitrogen and oxygen atoms in total. The zero-order chi connectivity index (χ0) is 18.1. The van der Waals surface area contributed by atoms with E-state index in [4.69, 9.17) is 4.74 Å². The third-order valence-corrected chi connectivity index (χ3v) is 3.59. The molecule has 0 saturated heterocycles. The van der Waals surface area contributed by atoms with Gasteiger partial charge in [-0.2, -0.15) is 5.10 Å². The van der Waals surface area contributed by atoms with Crippen LogP contribution in [0.2, 0.25) is 0 Å². The highest BCUT2D eigenvalue weighted by atomic mass is 16.5. The summed E-state index contributed by atoms with van der Waals surface area (Å²) in [7, 11) is 0. The number of nitrogens with one attached hydrogen (secondary N) is 1. The molecule has 4 heteroatoms. The largest absolute Gasteiger partial charge is 0.493 e. The summed E-state index contributed by atoms with van der Waals surface area (Å²) in [6.45, 7) is 6.95. The molecule has 0 aromatic heterocycles. The normalized spacial score (nSPS) is 11.4. The van der Waals surface area contributed by atoms with Crippen LogP contribution in [-0.2, 0) is 0 Å². The lowest BCUT2D eigenvalue weighted by Crippen LogP contribution is -2.20. The molecule has 0 bridgehead atoms. The highest BCUT2D eigenvalue weighted by Gasteiger charge is 2.07. The first-order valence-electron chi connectivity index (χ1n) is 8.75. The molecule has 0 aliphatic heterocycles. The van der Waals surface area contributed by atoms with Crippen molar-refractivity contribution in [1.29, 1.82) is 0 Å². The summed E-state index contributed by atoms with van der Waals surface area (Å²) in [6.07, 6.45) is 1.78. The van der Waals surface area contributed by atoms with Gasteiger partial charge in [0.05, 0.1) is 12.3 Å². The van der Waals surface area contributed by atoms with Gasteiger partial charge in [-0.1, -0.05) is 57.5 Å². The zero-order valence-electron chi connectivity index (χ0n) is 15.2. The maximum atomic E-state index is 12.3. The lowest BCUT2D eigenvalue weighted by atomic mass is 10.1. The maximum Gasteiger partial charge on any atom is 0.271 e. The van der Waals surface area contributed by atoms with Crippen LogP contribution in [0, 0.1) is 5.92 Å². The van der Waals surface area contributed by atoms with E-state index in [1.54, 1.807) is 12.1 Å². The van der Waals surface area contributed by atoms with Crippen molar-refractivity contribution in [2.45, 2.75) is 33.6 Å². The van der Waals surface area contributed by atoms with Crippen molar-refractivity contribution >= 4 is 11.6 Å². The van der Waals surface area contributed by atoms with E-state index in [2.05, 4.69) is 31.3 Å². The fraction of sp³-hybridized carbons (Fsp3) is 0.333. The third kappa shape index (κ3) is 6.07. The van der Waals surface area contributed by atoms with E-state index < -0.39 is 0 Å². The highest BCUT2D eigenvalue weighted by Crippen LogP contribution is 2.13. The molecule has 0 heterocycles. The van der Waals surface area contributed by atoms with Crippen LogP contribution in [0.25, 0.3) is 0 Å². The van der Waals surface area contributed by atoms with Crippen LogP contribution in [0.3, 0.4) is 0 Å². The molecule has 0 radical (unpaired) electrons. The number of hydrazone groups is 1. The van der Waals surface area contributed by atoms with E-state index in [1.165, 1.54) is 0 Å². The van der Waals surface area contributed by atoms with Gasteiger partial charge in [0.25, 0.3) is 5.91 Å². The Morgan fingerprint density at radius 1 is 1.04 bits per heavy atom. The number of hydrogen-bond donors (Lipinski definition) is 1. The predicted octanol–water partition coefficient (Wildman–Crippen LogP) is 4.66. The number of carbonyl (C=O) groups excluding carboxylic acids is 1. The molecule has 0 aliphatic carbocycles. The fourth-order valence-corrected chi connectivity index (χ4v) is 2.28.